The first-order chi connectivity index (χ1) is 18.7. The van der Waals surface area contributed by atoms with E-state index in [4.69, 9.17) is 24.9 Å². The van der Waals surface area contributed by atoms with Crippen LogP contribution >= 0.6 is 0 Å². The minimum absolute atomic E-state index is 0.337. The summed E-state index contributed by atoms with van der Waals surface area (Å²) in [5, 5.41) is 24.8. The van der Waals surface area contributed by atoms with Crippen molar-refractivity contribution in [1.29, 1.82) is 0 Å². The van der Waals surface area contributed by atoms with Crippen LogP contribution in [0.5, 0.6) is 0 Å². The number of aliphatic carboxylic acids is 3. The van der Waals surface area contributed by atoms with Crippen LogP contribution in [0.15, 0.2) is 0 Å². The Kier molecular flexibility index (Phi) is 70.7. The molecular formula is C30H60O9. The number of hydrogen-bond donors (Lipinski definition) is 3. The van der Waals surface area contributed by atoms with Gasteiger partial charge in [0.05, 0.1) is 0 Å². The fraction of sp³-hybridized carbons (Fsp3) is 0.800. The molecule has 9 nitrogen and oxygen atoms in total. The smallest absolute Gasteiger partial charge is 0.303 e. The van der Waals surface area contributed by atoms with E-state index in [0.717, 1.165) is 51.2 Å². The Balaban J connectivity index is -0.0000000910. The quantitative estimate of drug-likeness (QED) is 0.0984. The number of carbonyl (C=O) groups excluding carboxylic acids is 3. The Morgan fingerprint density at radius 1 is 0.462 bits per heavy atom. The zero-order valence-corrected chi connectivity index (χ0v) is 25.4. The fourth-order valence-electron chi connectivity index (χ4n) is 2.76. The first kappa shape index (κ1) is 49.4. The summed E-state index contributed by atoms with van der Waals surface area (Å²) >= 11 is 0. The molecular weight excluding hydrogens is 504 g/mol. The van der Waals surface area contributed by atoms with Crippen LogP contribution in [0.1, 0.15) is 156 Å². The van der Waals surface area contributed by atoms with E-state index in [-0.39, 0.29) is 0 Å². The summed E-state index contributed by atoms with van der Waals surface area (Å²) in [5.74, 6) is -2.01. The van der Waals surface area contributed by atoms with Gasteiger partial charge in [-0.2, -0.15) is 0 Å². The predicted molar refractivity (Wildman–Crippen MR) is 158 cm³/mol. The van der Waals surface area contributed by atoms with Crippen LogP contribution in [-0.4, -0.2) is 53.1 Å². The van der Waals surface area contributed by atoms with E-state index in [1.54, 1.807) is 0 Å². The molecule has 9 heteroatoms. The second kappa shape index (κ2) is 55.8. The molecule has 0 aliphatic rings. The van der Waals surface area contributed by atoms with Crippen LogP contribution in [0, 0.1) is 0 Å². The van der Waals surface area contributed by atoms with Gasteiger partial charge in [0.15, 0.2) is 0 Å². The summed E-state index contributed by atoms with van der Waals surface area (Å²) in [4.78, 5) is 55.5. The highest BCUT2D eigenvalue weighted by atomic mass is 16.4. The number of unbranched alkanes of at least 4 members (excludes halogenated alkanes) is 13. The molecule has 0 aromatic rings. The van der Waals surface area contributed by atoms with Gasteiger partial charge in [0, 0.05) is 25.7 Å². The maximum Gasteiger partial charge on any atom is 0.303 e. The van der Waals surface area contributed by atoms with E-state index in [1.807, 2.05) is 20.5 Å². The van der Waals surface area contributed by atoms with Gasteiger partial charge in [0.2, 0.25) is 0 Å². The number of carboxylic acid groups (broad SMARTS) is 3. The van der Waals surface area contributed by atoms with Gasteiger partial charge in [-0.25, -0.2) is 0 Å². The van der Waals surface area contributed by atoms with Crippen molar-refractivity contribution in [1.82, 2.24) is 0 Å². The molecule has 3 N–H and O–H groups in total. The van der Waals surface area contributed by atoms with Gasteiger partial charge < -0.3 is 29.7 Å². The van der Waals surface area contributed by atoms with E-state index in [0.29, 0.717) is 25.7 Å². The van der Waals surface area contributed by atoms with Crippen LogP contribution in [0.2, 0.25) is 0 Å². The molecule has 0 aromatic heterocycles. The zero-order chi connectivity index (χ0) is 31.6. The molecule has 0 fully saturated rings. The lowest BCUT2D eigenvalue weighted by Crippen LogP contribution is -1.93. The average Bonchev–Trinajstić information content (AvgIpc) is 2.92. The van der Waals surface area contributed by atoms with Gasteiger partial charge >= 0.3 is 17.9 Å². The normalized spacial score (nSPS) is 8.62. The third kappa shape index (κ3) is 94.9. The molecule has 0 unspecified atom stereocenters. The van der Waals surface area contributed by atoms with Crippen molar-refractivity contribution in [2.75, 3.05) is 0 Å². The maximum absolute atomic E-state index is 10.0. The summed E-state index contributed by atoms with van der Waals surface area (Å²) in [6, 6.07) is 0. The minimum atomic E-state index is -0.670. The van der Waals surface area contributed by atoms with Crippen molar-refractivity contribution in [2.24, 2.45) is 0 Å². The molecule has 0 aliphatic heterocycles. The standard InChI is InChI=1S/3C8H16O2.C4H8O.2CH2O/c3*1-2-3-4-5-6-7-8(9)10;1-2-3-4-5;2*1-2/h3*2-7H2,1H3,(H,9,10);4H,2-3H2,1H3;2*1H2. The maximum atomic E-state index is 10.0. The highest BCUT2D eigenvalue weighted by Crippen LogP contribution is 2.05. The molecule has 0 spiro atoms. The minimum Gasteiger partial charge on any atom is -0.481 e. The molecule has 0 rings (SSSR count). The molecule has 234 valence electrons. The highest BCUT2D eigenvalue weighted by Gasteiger charge is 1.96. The Bertz CT molecular complexity index is 424. The molecule has 0 radical (unpaired) electrons. The number of aldehydes is 1. The van der Waals surface area contributed by atoms with Crippen molar-refractivity contribution in [3.63, 3.8) is 0 Å². The Morgan fingerprint density at radius 2 is 0.692 bits per heavy atom. The summed E-state index contributed by atoms with van der Waals surface area (Å²) in [6.07, 6.45) is 20.3. The summed E-state index contributed by atoms with van der Waals surface area (Å²) < 4.78 is 0. The van der Waals surface area contributed by atoms with Gasteiger partial charge in [-0.15, -0.1) is 0 Å². The molecule has 0 saturated heterocycles. The first-order valence-electron chi connectivity index (χ1n) is 14.4. The van der Waals surface area contributed by atoms with Crippen LogP contribution in [0.3, 0.4) is 0 Å². The van der Waals surface area contributed by atoms with Crippen molar-refractivity contribution in [3.8, 4) is 0 Å². The van der Waals surface area contributed by atoms with E-state index in [1.165, 1.54) is 57.8 Å². The van der Waals surface area contributed by atoms with Gasteiger partial charge in [-0.3, -0.25) is 14.4 Å². The highest BCUT2D eigenvalue weighted by molar-refractivity contribution is 5.67. The van der Waals surface area contributed by atoms with E-state index in [2.05, 4.69) is 20.8 Å². The molecule has 39 heavy (non-hydrogen) atoms. The average molecular weight is 565 g/mol. The Morgan fingerprint density at radius 3 is 0.821 bits per heavy atom. The van der Waals surface area contributed by atoms with E-state index >= 15 is 0 Å². The monoisotopic (exact) mass is 564 g/mol. The van der Waals surface area contributed by atoms with Crippen LogP contribution < -0.4 is 0 Å². The van der Waals surface area contributed by atoms with Crippen molar-refractivity contribution >= 4 is 37.8 Å². The van der Waals surface area contributed by atoms with Gasteiger partial charge in [0.25, 0.3) is 0 Å². The van der Waals surface area contributed by atoms with E-state index < -0.39 is 17.9 Å². The lowest BCUT2D eigenvalue weighted by Gasteiger charge is -1.95. The molecule has 0 aromatic carbocycles. The Labute approximate surface area is 238 Å². The van der Waals surface area contributed by atoms with Crippen molar-refractivity contribution < 1.29 is 44.1 Å². The zero-order valence-electron chi connectivity index (χ0n) is 25.4. The second-order valence-electron chi connectivity index (χ2n) is 8.63. The predicted octanol–water partition coefficient (Wildman–Crippen LogP) is 7.91. The molecule has 0 saturated carbocycles. The second-order valence-corrected chi connectivity index (χ2v) is 8.63. The van der Waals surface area contributed by atoms with E-state index in [9.17, 15) is 19.2 Å². The molecule has 0 amide bonds. The number of carbonyl (C=O) groups is 6. The van der Waals surface area contributed by atoms with Crippen molar-refractivity contribution in [3.05, 3.63) is 0 Å². The van der Waals surface area contributed by atoms with Gasteiger partial charge in [0.1, 0.15) is 19.9 Å². The lowest BCUT2D eigenvalue weighted by molar-refractivity contribution is -0.138. The lowest BCUT2D eigenvalue weighted by atomic mass is 10.1. The van der Waals surface area contributed by atoms with Crippen molar-refractivity contribution in [2.45, 2.75) is 156 Å². The number of hydrogen-bond acceptors (Lipinski definition) is 6. The summed E-state index contributed by atoms with van der Waals surface area (Å²) in [6.45, 7) is 12.4. The van der Waals surface area contributed by atoms with Gasteiger partial charge in [-0.1, -0.05) is 105 Å². The summed E-state index contributed by atoms with van der Waals surface area (Å²) in [5.41, 5.74) is 0. The van der Waals surface area contributed by atoms with Crippen LogP contribution in [0.4, 0.5) is 0 Å². The largest absolute Gasteiger partial charge is 0.481 e. The molecule has 0 bridgehead atoms. The van der Waals surface area contributed by atoms with Crippen LogP contribution in [0.25, 0.3) is 0 Å². The van der Waals surface area contributed by atoms with Crippen LogP contribution in [-0.2, 0) is 28.8 Å². The summed E-state index contributed by atoms with van der Waals surface area (Å²) in [7, 11) is 0. The number of rotatable bonds is 20. The molecule has 0 aliphatic carbocycles. The molecule has 0 atom stereocenters. The number of carboxylic acids is 3. The third-order valence-electron chi connectivity index (χ3n) is 4.89. The third-order valence-corrected chi connectivity index (χ3v) is 4.89. The topological polar surface area (TPSA) is 163 Å². The van der Waals surface area contributed by atoms with Gasteiger partial charge in [-0.05, 0) is 25.7 Å². The fourth-order valence-corrected chi connectivity index (χ4v) is 2.76. The molecule has 0 heterocycles. The SMILES string of the molecule is C=O.C=O.CCCC=O.CCCCCCCC(=O)O.CCCCCCCC(=O)O.CCCCCCCC(=O)O. The first-order valence-corrected chi connectivity index (χ1v) is 14.4. The Hall–Kier alpha value is -2.58.